The van der Waals surface area contributed by atoms with Gasteiger partial charge < -0.3 is 10.1 Å². The van der Waals surface area contributed by atoms with Crippen LogP contribution in [-0.2, 0) is 4.79 Å². The van der Waals surface area contributed by atoms with Crippen LogP contribution in [-0.4, -0.2) is 12.5 Å². The fourth-order valence-electron chi connectivity index (χ4n) is 2.69. The Morgan fingerprint density at radius 3 is 2.35 bits per heavy atom. The fourth-order valence-corrected chi connectivity index (χ4v) is 2.69. The highest BCUT2D eigenvalue weighted by molar-refractivity contribution is 6.02. The minimum atomic E-state index is -0.163. The minimum Gasteiger partial charge on any atom is -0.483 e. The maximum absolute atomic E-state index is 12.2. The molecule has 0 radical (unpaired) electrons. The topological polar surface area (TPSA) is 38.3 Å². The number of fused-ring (bicyclic) bond motifs is 1. The highest BCUT2D eigenvalue weighted by Gasteiger charge is 2.09. The summed E-state index contributed by atoms with van der Waals surface area (Å²) < 4.78 is 5.70. The van der Waals surface area contributed by atoms with Crippen LogP contribution in [0.4, 0.5) is 5.69 Å². The average molecular weight is 305 g/mol. The van der Waals surface area contributed by atoms with Crippen LogP contribution in [0.5, 0.6) is 5.75 Å². The van der Waals surface area contributed by atoms with E-state index in [9.17, 15) is 4.79 Å². The molecule has 0 saturated heterocycles. The third kappa shape index (κ3) is 3.34. The summed E-state index contributed by atoms with van der Waals surface area (Å²) in [7, 11) is 0. The average Bonchev–Trinajstić information content (AvgIpc) is 2.55. The molecular weight excluding hydrogens is 286 g/mol. The number of aryl methyl sites for hydroxylation is 2. The van der Waals surface area contributed by atoms with Gasteiger partial charge in [0.05, 0.1) is 0 Å². The highest BCUT2D eigenvalue weighted by atomic mass is 16.5. The summed E-state index contributed by atoms with van der Waals surface area (Å²) in [5, 5.41) is 5.05. The molecule has 0 unspecified atom stereocenters. The molecule has 3 rings (SSSR count). The number of anilines is 1. The maximum Gasteiger partial charge on any atom is 0.262 e. The monoisotopic (exact) mass is 305 g/mol. The van der Waals surface area contributed by atoms with Crippen LogP contribution in [0.15, 0.2) is 60.7 Å². The zero-order chi connectivity index (χ0) is 16.2. The van der Waals surface area contributed by atoms with E-state index in [-0.39, 0.29) is 12.5 Å². The molecule has 3 aromatic rings. The van der Waals surface area contributed by atoms with Crippen molar-refractivity contribution in [3.8, 4) is 5.75 Å². The molecule has 3 aromatic carbocycles. The molecule has 0 aromatic heterocycles. The molecule has 0 bridgehead atoms. The van der Waals surface area contributed by atoms with Crippen molar-refractivity contribution < 1.29 is 9.53 Å². The van der Waals surface area contributed by atoms with Crippen molar-refractivity contribution in [2.75, 3.05) is 11.9 Å². The maximum atomic E-state index is 12.2. The zero-order valence-electron chi connectivity index (χ0n) is 13.3. The Kier molecular flexibility index (Phi) is 4.29. The summed E-state index contributed by atoms with van der Waals surface area (Å²) in [5.74, 6) is 0.615. The lowest BCUT2D eigenvalue weighted by Gasteiger charge is -2.13. The normalized spacial score (nSPS) is 10.5. The predicted molar refractivity (Wildman–Crippen MR) is 94.0 cm³/mol. The van der Waals surface area contributed by atoms with E-state index < -0.39 is 0 Å². The number of ether oxygens (including phenoxy) is 1. The summed E-state index contributed by atoms with van der Waals surface area (Å²) >= 11 is 0. The first kappa shape index (κ1) is 15.1. The Bertz CT molecular complexity index is 830. The second-order valence-corrected chi connectivity index (χ2v) is 5.58. The van der Waals surface area contributed by atoms with Crippen LogP contribution in [0, 0.1) is 13.8 Å². The number of hydrogen-bond acceptors (Lipinski definition) is 2. The SMILES string of the molecule is Cc1cccc(C)c1OCC(=O)Nc1cccc2ccccc12. The van der Waals surface area contributed by atoms with Gasteiger partial charge in [0.15, 0.2) is 6.61 Å². The van der Waals surface area contributed by atoms with Gasteiger partial charge in [-0.05, 0) is 36.4 Å². The van der Waals surface area contributed by atoms with E-state index in [1.165, 1.54) is 0 Å². The number of para-hydroxylation sites is 1. The largest absolute Gasteiger partial charge is 0.483 e. The molecule has 0 aliphatic rings. The molecule has 0 spiro atoms. The number of amides is 1. The molecule has 0 saturated carbocycles. The van der Waals surface area contributed by atoms with E-state index in [0.717, 1.165) is 33.3 Å². The van der Waals surface area contributed by atoms with Crippen LogP contribution in [0.1, 0.15) is 11.1 Å². The van der Waals surface area contributed by atoms with Crippen molar-refractivity contribution >= 4 is 22.4 Å². The summed E-state index contributed by atoms with van der Waals surface area (Å²) in [6.07, 6.45) is 0. The molecule has 3 heteroatoms. The lowest BCUT2D eigenvalue weighted by molar-refractivity contribution is -0.118. The third-order valence-electron chi connectivity index (χ3n) is 3.82. The molecule has 23 heavy (non-hydrogen) atoms. The molecule has 0 heterocycles. The van der Waals surface area contributed by atoms with Gasteiger partial charge in [-0.2, -0.15) is 0 Å². The summed E-state index contributed by atoms with van der Waals surface area (Å²) in [4.78, 5) is 12.2. The van der Waals surface area contributed by atoms with E-state index in [2.05, 4.69) is 5.32 Å². The Morgan fingerprint density at radius 1 is 0.913 bits per heavy atom. The Hall–Kier alpha value is -2.81. The van der Waals surface area contributed by atoms with E-state index in [4.69, 9.17) is 4.74 Å². The minimum absolute atomic E-state index is 0.00505. The van der Waals surface area contributed by atoms with Gasteiger partial charge in [0.25, 0.3) is 5.91 Å². The van der Waals surface area contributed by atoms with Crippen LogP contribution >= 0.6 is 0 Å². The van der Waals surface area contributed by atoms with Crippen LogP contribution in [0.25, 0.3) is 10.8 Å². The smallest absolute Gasteiger partial charge is 0.262 e. The lowest BCUT2D eigenvalue weighted by atomic mass is 10.1. The van der Waals surface area contributed by atoms with E-state index >= 15 is 0 Å². The molecule has 116 valence electrons. The molecular formula is C20H19NO2. The Morgan fingerprint density at radius 2 is 1.57 bits per heavy atom. The van der Waals surface area contributed by atoms with Gasteiger partial charge in [0.2, 0.25) is 0 Å². The van der Waals surface area contributed by atoms with Gasteiger partial charge in [0, 0.05) is 11.1 Å². The van der Waals surface area contributed by atoms with Crippen molar-refractivity contribution in [1.29, 1.82) is 0 Å². The van der Waals surface area contributed by atoms with E-state index in [1.807, 2.05) is 74.5 Å². The number of nitrogens with one attached hydrogen (secondary N) is 1. The van der Waals surface area contributed by atoms with Crippen LogP contribution < -0.4 is 10.1 Å². The van der Waals surface area contributed by atoms with Gasteiger partial charge in [0.1, 0.15) is 5.75 Å². The van der Waals surface area contributed by atoms with Gasteiger partial charge in [-0.15, -0.1) is 0 Å². The van der Waals surface area contributed by atoms with Crippen molar-refractivity contribution in [2.24, 2.45) is 0 Å². The van der Waals surface area contributed by atoms with E-state index in [0.29, 0.717) is 0 Å². The number of carbonyl (C=O) groups is 1. The van der Waals surface area contributed by atoms with Crippen molar-refractivity contribution in [2.45, 2.75) is 13.8 Å². The third-order valence-corrected chi connectivity index (χ3v) is 3.82. The first-order chi connectivity index (χ1) is 11.1. The molecule has 1 N–H and O–H groups in total. The van der Waals surface area contributed by atoms with Gasteiger partial charge >= 0.3 is 0 Å². The van der Waals surface area contributed by atoms with Crippen LogP contribution in [0.2, 0.25) is 0 Å². The molecule has 0 aliphatic carbocycles. The van der Waals surface area contributed by atoms with E-state index in [1.54, 1.807) is 0 Å². The second kappa shape index (κ2) is 6.53. The second-order valence-electron chi connectivity index (χ2n) is 5.58. The molecule has 1 amide bonds. The number of benzene rings is 3. The highest BCUT2D eigenvalue weighted by Crippen LogP contribution is 2.24. The van der Waals surface area contributed by atoms with Crippen molar-refractivity contribution in [1.82, 2.24) is 0 Å². The molecule has 3 nitrogen and oxygen atoms in total. The van der Waals surface area contributed by atoms with Gasteiger partial charge in [-0.25, -0.2) is 0 Å². The van der Waals surface area contributed by atoms with Crippen molar-refractivity contribution in [3.05, 3.63) is 71.8 Å². The lowest BCUT2D eigenvalue weighted by Crippen LogP contribution is -2.20. The molecule has 0 fully saturated rings. The van der Waals surface area contributed by atoms with Crippen LogP contribution in [0.3, 0.4) is 0 Å². The standard InChI is InChI=1S/C20H19NO2/c1-14-7-5-8-15(2)20(14)23-13-19(22)21-18-12-6-10-16-9-3-4-11-17(16)18/h3-12H,13H2,1-2H3,(H,21,22). The Balaban J connectivity index is 1.72. The van der Waals surface area contributed by atoms with Gasteiger partial charge in [-0.3, -0.25) is 4.79 Å². The summed E-state index contributed by atoms with van der Waals surface area (Å²) in [6, 6.07) is 19.8. The zero-order valence-corrected chi connectivity index (χ0v) is 13.3. The summed E-state index contributed by atoms with van der Waals surface area (Å²) in [5.41, 5.74) is 2.86. The molecule has 0 aliphatic heterocycles. The predicted octanol–water partition coefficient (Wildman–Crippen LogP) is 4.47. The fraction of sp³-hybridized carbons (Fsp3) is 0.150. The number of rotatable bonds is 4. The number of hydrogen-bond donors (Lipinski definition) is 1. The first-order valence-corrected chi connectivity index (χ1v) is 7.62. The van der Waals surface area contributed by atoms with Crippen molar-refractivity contribution in [3.63, 3.8) is 0 Å². The molecule has 0 atom stereocenters. The number of carbonyl (C=O) groups excluding carboxylic acids is 1. The summed E-state index contributed by atoms with van der Waals surface area (Å²) in [6.45, 7) is 3.95. The first-order valence-electron chi connectivity index (χ1n) is 7.62. The van der Waals surface area contributed by atoms with Gasteiger partial charge in [-0.1, -0.05) is 54.6 Å². The quantitative estimate of drug-likeness (QED) is 0.772. The Labute approximate surface area is 135 Å².